The Labute approximate surface area is 488 Å². The number of hydrogen-bond donors (Lipinski definition) is 17. The van der Waals surface area contributed by atoms with Crippen molar-refractivity contribution in [2.45, 2.75) is 177 Å². The van der Waals surface area contributed by atoms with E-state index in [-0.39, 0.29) is 63.4 Å². The summed E-state index contributed by atoms with van der Waals surface area (Å²) in [5.74, 6) is -7.52. The summed E-state index contributed by atoms with van der Waals surface area (Å²) in [6.07, 6.45) is 3.21. The molecule has 0 bridgehead atoms. The molecule has 0 aromatic heterocycles. The first-order valence-corrected chi connectivity index (χ1v) is 30.7. The molecule has 1 heterocycles. The van der Waals surface area contributed by atoms with E-state index in [9.17, 15) is 58.2 Å². The van der Waals surface area contributed by atoms with Crippen molar-refractivity contribution in [3.8, 4) is 0 Å². The first-order valence-electron chi connectivity index (χ1n) is 28.2. The van der Waals surface area contributed by atoms with Gasteiger partial charge >= 0.3 is 0 Å². The molecule has 22 N–H and O–H groups in total. The molecule has 0 unspecified atom stereocenters. The highest BCUT2D eigenvalue weighted by molar-refractivity contribution is 8.76. The molecule has 1 aliphatic heterocycles. The summed E-state index contributed by atoms with van der Waals surface area (Å²) in [5, 5.41) is 46.8. The monoisotopic (exact) mass is 1190 g/mol. The van der Waals surface area contributed by atoms with Crippen molar-refractivity contribution in [3.05, 3.63) is 35.9 Å². The zero-order valence-electron chi connectivity index (χ0n) is 47.6. The second-order valence-electron chi connectivity index (χ2n) is 21.3. The standard InChI is InChI=1S/C53H91N15O12S2/c1-29(2)25-39-49(76)62-35(15-20-54)45(72)61-37(17-22-56)48(75)68-42(30(3)69)52(79)59-23-18-38(47(74)60-36(16-21-55)46(73)65-40(50(77)64-39)26-33-13-9-6-10-14-33)63-51(78)41(27-57)66-53(80)43(31(4)70)67-44(71)34(58)28-82-81-24-19-32-11-7-5-8-12-32/h6,9-10,13-14,29-32,34-43,69-70H,5,7-8,11-12,15-28,54-58H2,1-4H3,(H,59,79)(H,60,74)(H,61,72)(H,62,76)(H,63,78)(H,64,77)(H,65,73)(H,66,80)(H,67,71)(H,68,75)/t30-,31-,34-,35+,36+,37+,38+,39+,40-,41+,42+,43+/m1/s1. The van der Waals surface area contributed by atoms with Gasteiger partial charge < -0.3 is 92.0 Å². The molecule has 1 saturated heterocycles. The predicted octanol–water partition coefficient (Wildman–Crippen LogP) is -4.40. The Morgan fingerprint density at radius 1 is 0.610 bits per heavy atom. The summed E-state index contributed by atoms with van der Waals surface area (Å²) < 4.78 is 0. The fraction of sp³-hybridized carbons (Fsp3) is 0.698. The minimum absolute atomic E-state index is 0.0561. The van der Waals surface area contributed by atoms with Gasteiger partial charge in [-0.25, -0.2) is 0 Å². The van der Waals surface area contributed by atoms with Crippen molar-refractivity contribution in [1.29, 1.82) is 0 Å². The van der Waals surface area contributed by atoms with E-state index in [0.29, 0.717) is 11.5 Å². The van der Waals surface area contributed by atoms with E-state index in [1.54, 1.807) is 55.0 Å². The number of carbonyl (C=O) groups is 10. The highest BCUT2D eigenvalue weighted by Gasteiger charge is 2.37. The smallest absolute Gasteiger partial charge is 0.245 e. The van der Waals surface area contributed by atoms with Gasteiger partial charge in [0.25, 0.3) is 0 Å². The molecule has 29 heteroatoms. The lowest BCUT2D eigenvalue weighted by Gasteiger charge is -2.28. The Hall–Kier alpha value is -5.66. The number of carbonyl (C=O) groups excluding carboxylic acids is 10. The summed E-state index contributed by atoms with van der Waals surface area (Å²) >= 11 is 0. The van der Waals surface area contributed by atoms with Crippen LogP contribution in [0.15, 0.2) is 30.3 Å². The SMILES string of the molecule is CC(C)C[C@@H]1NC(=O)[C@@H](Cc2ccccc2)NC(=O)[C@H](CCN)NC(=O)[C@@H](NC(=O)[C@H](CN)NC(=O)[C@@H](NC(=O)[C@H](N)CSSCCC2CCCCC2)[C@@H](C)O)CCNC(=O)[C@H]([C@@H](C)O)NC(=O)[C@H](CCN)NC(=O)[C@H](CCN)NC1=O. The number of nitrogens with one attached hydrogen (secondary N) is 10. The quantitative estimate of drug-likeness (QED) is 0.0325. The van der Waals surface area contributed by atoms with Gasteiger partial charge in [0, 0.05) is 31.0 Å². The first-order chi connectivity index (χ1) is 39.0. The molecule has 82 heavy (non-hydrogen) atoms. The van der Waals surface area contributed by atoms with Crippen LogP contribution in [0.25, 0.3) is 0 Å². The third kappa shape index (κ3) is 24.7. The van der Waals surface area contributed by atoms with E-state index in [2.05, 4.69) is 53.2 Å². The second-order valence-corrected chi connectivity index (χ2v) is 23.9. The third-order valence-electron chi connectivity index (χ3n) is 13.9. The average Bonchev–Trinajstić information content (AvgIpc) is 3.56. The van der Waals surface area contributed by atoms with Gasteiger partial charge in [-0.3, -0.25) is 47.9 Å². The van der Waals surface area contributed by atoms with Crippen LogP contribution in [0.2, 0.25) is 0 Å². The molecular formula is C53H91N15O12S2. The van der Waals surface area contributed by atoms with Gasteiger partial charge in [-0.15, -0.1) is 0 Å². The lowest BCUT2D eigenvalue weighted by Crippen LogP contribution is -2.62. The van der Waals surface area contributed by atoms with Gasteiger partial charge in [0.2, 0.25) is 59.1 Å². The maximum atomic E-state index is 14.4. The number of aliphatic hydroxyl groups is 2. The van der Waals surface area contributed by atoms with Crippen molar-refractivity contribution in [2.24, 2.45) is 40.5 Å². The maximum absolute atomic E-state index is 14.4. The average molecular weight is 1190 g/mol. The molecule has 3 rings (SSSR count). The van der Waals surface area contributed by atoms with Crippen molar-refractivity contribution in [3.63, 3.8) is 0 Å². The summed E-state index contributed by atoms with van der Waals surface area (Å²) in [7, 11) is 3.02. The summed E-state index contributed by atoms with van der Waals surface area (Å²) in [4.78, 5) is 140. The predicted molar refractivity (Wildman–Crippen MR) is 312 cm³/mol. The van der Waals surface area contributed by atoms with Gasteiger partial charge in [0.1, 0.15) is 54.4 Å². The molecular weight excluding hydrogens is 1100 g/mol. The second kappa shape index (κ2) is 37.5. The summed E-state index contributed by atoms with van der Waals surface area (Å²) in [5.41, 5.74) is 30.4. The molecule has 10 amide bonds. The van der Waals surface area contributed by atoms with Crippen molar-refractivity contribution in [2.75, 3.05) is 44.2 Å². The zero-order valence-corrected chi connectivity index (χ0v) is 49.2. The molecule has 12 atom stereocenters. The number of benzene rings is 1. The summed E-state index contributed by atoms with van der Waals surface area (Å²) in [6.45, 7) is 4.60. The van der Waals surface area contributed by atoms with Gasteiger partial charge in [-0.05, 0) is 89.4 Å². The van der Waals surface area contributed by atoms with E-state index in [0.717, 1.165) is 12.2 Å². The van der Waals surface area contributed by atoms with Crippen LogP contribution >= 0.6 is 21.6 Å². The highest BCUT2D eigenvalue weighted by Crippen LogP contribution is 2.30. The molecule has 1 aromatic carbocycles. The Balaban J connectivity index is 1.99. The number of aliphatic hydroxyl groups excluding tert-OH is 2. The fourth-order valence-corrected chi connectivity index (χ4v) is 11.5. The van der Waals surface area contributed by atoms with Gasteiger partial charge in [-0.2, -0.15) is 0 Å². The zero-order chi connectivity index (χ0) is 60.9. The Morgan fingerprint density at radius 2 is 1.13 bits per heavy atom. The van der Waals surface area contributed by atoms with Crippen LogP contribution in [0.1, 0.15) is 104 Å². The molecule has 0 radical (unpaired) electrons. The van der Waals surface area contributed by atoms with Crippen LogP contribution < -0.4 is 81.8 Å². The van der Waals surface area contributed by atoms with Gasteiger partial charge in [0.15, 0.2) is 0 Å². The van der Waals surface area contributed by atoms with Crippen molar-refractivity contribution >= 4 is 80.7 Å². The number of rotatable bonds is 25. The van der Waals surface area contributed by atoms with E-state index in [1.807, 2.05) is 0 Å². The normalized spacial score (nSPS) is 24.3. The van der Waals surface area contributed by atoms with E-state index < -0.39 is 151 Å². The van der Waals surface area contributed by atoms with Crippen molar-refractivity contribution < 1.29 is 58.2 Å². The highest BCUT2D eigenvalue weighted by atomic mass is 33.1. The molecule has 1 aromatic rings. The Bertz CT molecular complexity index is 2230. The molecule has 0 spiro atoms. The molecule has 2 aliphatic rings. The van der Waals surface area contributed by atoms with Crippen LogP contribution in [0.3, 0.4) is 0 Å². The van der Waals surface area contributed by atoms with Crippen LogP contribution in [0.4, 0.5) is 0 Å². The van der Waals surface area contributed by atoms with E-state index >= 15 is 0 Å². The molecule has 27 nitrogen and oxygen atoms in total. The largest absolute Gasteiger partial charge is 0.391 e. The number of hydrogen-bond acceptors (Lipinski definition) is 19. The molecule has 1 saturated carbocycles. The van der Waals surface area contributed by atoms with E-state index in [4.69, 9.17) is 28.7 Å². The molecule has 2 fully saturated rings. The number of nitrogens with two attached hydrogens (primary N) is 5. The van der Waals surface area contributed by atoms with Crippen LogP contribution in [-0.2, 0) is 54.4 Å². The topological polar surface area (TPSA) is 462 Å². The van der Waals surface area contributed by atoms with Crippen LogP contribution in [0.5, 0.6) is 0 Å². The fourth-order valence-electron chi connectivity index (χ4n) is 9.19. The van der Waals surface area contributed by atoms with E-state index in [1.165, 1.54) is 56.7 Å². The van der Waals surface area contributed by atoms with Crippen molar-refractivity contribution in [1.82, 2.24) is 53.2 Å². The van der Waals surface area contributed by atoms with Crippen LogP contribution in [0, 0.1) is 11.8 Å². The third-order valence-corrected chi connectivity index (χ3v) is 16.4. The number of amides is 10. The van der Waals surface area contributed by atoms with Gasteiger partial charge in [-0.1, -0.05) is 97.9 Å². The minimum atomic E-state index is -1.67. The lowest BCUT2D eigenvalue weighted by atomic mass is 9.88. The Kier molecular flexibility index (Phi) is 32.3. The maximum Gasteiger partial charge on any atom is 0.245 e. The molecule has 462 valence electrons. The summed E-state index contributed by atoms with van der Waals surface area (Å²) in [6, 6.07) is -5.91. The molecule has 1 aliphatic carbocycles. The first kappa shape index (κ1) is 70.6. The van der Waals surface area contributed by atoms with Gasteiger partial charge in [0.05, 0.1) is 18.2 Å². The Morgan fingerprint density at radius 3 is 1.67 bits per heavy atom. The van der Waals surface area contributed by atoms with Crippen LogP contribution in [-0.4, -0.2) is 186 Å². The minimum Gasteiger partial charge on any atom is -0.391 e. The lowest BCUT2D eigenvalue weighted by molar-refractivity contribution is -0.136.